The van der Waals surface area contributed by atoms with E-state index >= 15 is 0 Å². The molecule has 0 saturated carbocycles. The number of ketones is 1. The summed E-state index contributed by atoms with van der Waals surface area (Å²) in [5, 5.41) is 0. The largest absolute Gasteiger partial charge is 0.351 e. The maximum atomic E-state index is 10.8. The second kappa shape index (κ2) is 2.18. The van der Waals surface area contributed by atoms with E-state index in [0.29, 0.717) is 19.8 Å². The van der Waals surface area contributed by atoms with Crippen molar-refractivity contribution in [3.05, 3.63) is 11.6 Å². The Morgan fingerprint density at radius 2 is 2.50 bits per heavy atom. The molecule has 1 heterocycles. The summed E-state index contributed by atoms with van der Waals surface area (Å²) < 4.78 is 10.1. The second-order valence-corrected chi connectivity index (χ2v) is 2.51. The fraction of sp³-hybridized carbons (Fsp3) is 0.571. The van der Waals surface area contributed by atoms with Crippen molar-refractivity contribution >= 4 is 5.78 Å². The first-order valence-corrected chi connectivity index (χ1v) is 3.29. The number of carbonyl (C=O) groups excluding carboxylic acids is 1. The highest BCUT2D eigenvalue weighted by Crippen LogP contribution is 2.22. The average molecular weight is 140 g/mol. The van der Waals surface area contributed by atoms with Crippen molar-refractivity contribution in [3.8, 4) is 0 Å². The lowest BCUT2D eigenvalue weighted by molar-refractivity contribution is -0.122. The fourth-order valence-corrected chi connectivity index (χ4v) is 1.26. The van der Waals surface area contributed by atoms with Crippen molar-refractivity contribution < 1.29 is 14.3 Å². The zero-order valence-corrected chi connectivity index (χ0v) is 5.50. The third-order valence-corrected chi connectivity index (χ3v) is 1.77. The molecule has 3 heteroatoms. The summed E-state index contributed by atoms with van der Waals surface area (Å²) in [6.45, 7) is 0.895. The Balaban J connectivity index is 2.17. The van der Waals surface area contributed by atoms with Gasteiger partial charge in [-0.15, -0.1) is 0 Å². The van der Waals surface area contributed by atoms with Crippen LogP contribution in [0.2, 0.25) is 0 Å². The summed E-state index contributed by atoms with van der Waals surface area (Å²) in [4.78, 5) is 10.8. The van der Waals surface area contributed by atoms with Crippen LogP contribution in [0.5, 0.6) is 0 Å². The monoisotopic (exact) mass is 140 g/mol. The molecule has 0 amide bonds. The molecule has 1 aliphatic heterocycles. The van der Waals surface area contributed by atoms with Crippen molar-refractivity contribution in [1.29, 1.82) is 0 Å². The highest BCUT2D eigenvalue weighted by atomic mass is 16.7. The lowest BCUT2D eigenvalue weighted by atomic mass is 10.2. The minimum atomic E-state index is 0.0289. The summed E-state index contributed by atoms with van der Waals surface area (Å²) in [5.74, 6) is 0.158. The van der Waals surface area contributed by atoms with Gasteiger partial charge in [0.1, 0.15) is 6.79 Å². The topological polar surface area (TPSA) is 35.5 Å². The lowest BCUT2D eigenvalue weighted by Crippen LogP contribution is -2.24. The lowest BCUT2D eigenvalue weighted by Gasteiger charge is -2.20. The van der Waals surface area contributed by atoms with Crippen LogP contribution in [0.15, 0.2) is 11.6 Å². The van der Waals surface area contributed by atoms with E-state index in [9.17, 15) is 4.79 Å². The first-order chi connectivity index (χ1) is 4.86. The molecule has 0 aromatic carbocycles. The molecule has 0 N–H and O–H groups in total. The van der Waals surface area contributed by atoms with E-state index in [0.717, 1.165) is 5.57 Å². The zero-order chi connectivity index (χ0) is 6.97. The van der Waals surface area contributed by atoms with Crippen LogP contribution < -0.4 is 0 Å². The van der Waals surface area contributed by atoms with E-state index in [1.54, 1.807) is 6.08 Å². The van der Waals surface area contributed by atoms with Crippen molar-refractivity contribution in [2.45, 2.75) is 12.5 Å². The standard InChI is InChI=1S/C7H8O3/c8-6-1-5-3-9-4-10-7(5)2-6/h1,7H,2-4H2. The van der Waals surface area contributed by atoms with Gasteiger partial charge in [0.25, 0.3) is 0 Å². The molecule has 1 unspecified atom stereocenters. The van der Waals surface area contributed by atoms with Crippen molar-refractivity contribution in [3.63, 3.8) is 0 Å². The van der Waals surface area contributed by atoms with Crippen LogP contribution in [-0.2, 0) is 14.3 Å². The Kier molecular flexibility index (Phi) is 1.32. The van der Waals surface area contributed by atoms with Crippen LogP contribution >= 0.6 is 0 Å². The van der Waals surface area contributed by atoms with Gasteiger partial charge in [0, 0.05) is 6.42 Å². The van der Waals surface area contributed by atoms with E-state index in [4.69, 9.17) is 9.47 Å². The minimum Gasteiger partial charge on any atom is -0.351 e. The molecular formula is C7H8O3. The predicted molar refractivity (Wildman–Crippen MR) is 33.4 cm³/mol. The first-order valence-electron chi connectivity index (χ1n) is 3.29. The van der Waals surface area contributed by atoms with E-state index in [2.05, 4.69) is 0 Å². The van der Waals surface area contributed by atoms with Gasteiger partial charge in [-0.25, -0.2) is 0 Å². The molecule has 2 rings (SSSR count). The van der Waals surface area contributed by atoms with Crippen LogP contribution in [0, 0.1) is 0 Å². The van der Waals surface area contributed by atoms with Gasteiger partial charge in [-0.05, 0) is 11.6 Å². The Morgan fingerprint density at radius 1 is 1.60 bits per heavy atom. The van der Waals surface area contributed by atoms with Gasteiger partial charge in [-0.2, -0.15) is 0 Å². The van der Waals surface area contributed by atoms with Gasteiger partial charge >= 0.3 is 0 Å². The summed E-state index contributed by atoms with van der Waals surface area (Å²) in [6, 6.07) is 0. The number of ether oxygens (including phenoxy) is 2. The molecule has 0 aromatic heterocycles. The molecule has 0 bridgehead atoms. The van der Waals surface area contributed by atoms with Gasteiger partial charge < -0.3 is 9.47 Å². The number of hydrogen-bond donors (Lipinski definition) is 0. The molecule has 1 saturated heterocycles. The number of hydrogen-bond acceptors (Lipinski definition) is 3. The van der Waals surface area contributed by atoms with Gasteiger partial charge in [0.05, 0.1) is 12.7 Å². The highest BCUT2D eigenvalue weighted by molar-refractivity contribution is 5.94. The molecule has 0 radical (unpaired) electrons. The minimum absolute atomic E-state index is 0.0289. The van der Waals surface area contributed by atoms with E-state index in [-0.39, 0.29) is 11.9 Å². The highest BCUT2D eigenvalue weighted by Gasteiger charge is 2.27. The Hall–Kier alpha value is -0.670. The predicted octanol–water partition coefficient (Wildman–Crippen LogP) is 0.258. The first kappa shape index (κ1) is 6.07. The number of allylic oxidation sites excluding steroid dienone is 1. The molecule has 1 aliphatic carbocycles. The maximum absolute atomic E-state index is 10.8. The normalized spacial score (nSPS) is 31.8. The molecule has 2 aliphatic rings. The molecule has 54 valence electrons. The van der Waals surface area contributed by atoms with Gasteiger partial charge in [0.2, 0.25) is 0 Å². The second-order valence-electron chi connectivity index (χ2n) is 2.51. The van der Waals surface area contributed by atoms with E-state index in [1.165, 1.54) is 0 Å². The Morgan fingerprint density at radius 3 is 3.30 bits per heavy atom. The molecule has 0 aromatic rings. The number of carbonyl (C=O) groups is 1. The van der Waals surface area contributed by atoms with Gasteiger partial charge in [-0.3, -0.25) is 4.79 Å². The number of rotatable bonds is 0. The van der Waals surface area contributed by atoms with Crippen LogP contribution in [0.4, 0.5) is 0 Å². The molecule has 1 atom stereocenters. The molecule has 10 heavy (non-hydrogen) atoms. The smallest absolute Gasteiger partial charge is 0.158 e. The summed E-state index contributed by atoms with van der Waals surface area (Å²) in [5.41, 5.74) is 0.997. The molecule has 0 spiro atoms. The van der Waals surface area contributed by atoms with Crippen LogP contribution in [0.3, 0.4) is 0 Å². The zero-order valence-electron chi connectivity index (χ0n) is 5.50. The fourth-order valence-electron chi connectivity index (χ4n) is 1.26. The van der Waals surface area contributed by atoms with E-state index < -0.39 is 0 Å². The van der Waals surface area contributed by atoms with Crippen LogP contribution in [0.1, 0.15) is 6.42 Å². The van der Waals surface area contributed by atoms with Crippen LogP contribution in [0.25, 0.3) is 0 Å². The van der Waals surface area contributed by atoms with Crippen molar-refractivity contribution in [2.75, 3.05) is 13.4 Å². The van der Waals surface area contributed by atoms with Crippen molar-refractivity contribution in [2.24, 2.45) is 0 Å². The Labute approximate surface area is 58.6 Å². The third kappa shape index (κ3) is 0.874. The molecule has 3 nitrogen and oxygen atoms in total. The van der Waals surface area contributed by atoms with E-state index in [1.807, 2.05) is 0 Å². The maximum Gasteiger partial charge on any atom is 0.158 e. The average Bonchev–Trinajstić information content (AvgIpc) is 2.27. The SMILES string of the molecule is O=C1C=C2COCOC2C1. The van der Waals surface area contributed by atoms with Gasteiger partial charge in [-0.1, -0.05) is 0 Å². The summed E-state index contributed by atoms with van der Waals surface area (Å²) >= 11 is 0. The third-order valence-electron chi connectivity index (χ3n) is 1.77. The quantitative estimate of drug-likeness (QED) is 0.484. The van der Waals surface area contributed by atoms with Crippen molar-refractivity contribution in [1.82, 2.24) is 0 Å². The Bertz CT molecular complexity index is 195. The molecule has 1 fully saturated rings. The molecular weight excluding hydrogens is 132 g/mol. The van der Waals surface area contributed by atoms with Crippen LogP contribution in [-0.4, -0.2) is 25.3 Å². The van der Waals surface area contributed by atoms with Gasteiger partial charge in [0.15, 0.2) is 5.78 Å². The number of fused-ring (bicyclic) bond motifs is 1. The summed E-state index contributed by atoms with van der Waals surface area (Å²) in [7, 11) is 0. The summed E-state index contributed by atoms with van der Waals surface area (Å²) in [6.07, 6.45) is 2.17.